The smallest absolute Gasteiger partial charge is 0.226 e. The number of amides is 1. The van der Waals surface area contributed by atoms with E-state index in [1.165, 1.54) is 30.4 Å². The fourth-order valence-electron chi connectivity index (χ4n) is 7.01. The summed E-state index contributed by atoms with van der Waals surface area (Å²) in [6.45, 7) is 4.09. The van der Waals surface area contributed by atoms with Gasteiger partial charge >= 0.3 is 0 Å². The number of aryl methyl sites for hydroxylation is 2. The van der Waals surface area contributed by atoms with Crippen LogP contribution in [-0.4, -0.2) is 27.3 Å². The van der Waals surface area contributed by atoms with Gasteiger partial charge in [-0.25, -0.2) is 0 Å². The molecule has 1 aromatic carbocycles. The molecule has 0 spiro atoms. The molecule has 4 aliphatic carbocycles. The van der Waals surface area contributed by atoms with Crippen molar-refractivity contribution in [1.29, 1.82) is 0 Å². The molecule has 1 heterocycles. The largest absolute Gasteiger partial charge is 0.383 e. The fourth-order valence-corrected chi connectivity index (χ4v) is 7.01. The van der Waals surface area contributed by atoms with Crippen molar-refractivity contribution in [3.05, 3.63) is 53.3 Å². The zero-order valence-corrected chi connectivity index (χ0v) is 18.3. The van der Waals surface area contributed by atoms with Gasteiger partial charge in [0.15, 0.2) is 0 Å². The zero-order chi connectivity index (χ0) is 21.1. The van der Waals surface area contributed by atoms with E-state index in [0.717, 1.165) is 24.8 Å². The van der Waals surface area contributed by atoms with Crippen LogP contribution >= 0.6 is 0 Å². The Balaban J connectivity index is 1.37. The van der Waals surface area contributed by atoms with Gasteiger partial charge in [0, 0.05) is 18.8 Å². The number of aromatic nitrogens is 2. The van der Waals surface area contributed by atoms with Crippen LogP contribution < -0.4 is 5.32 Å². The number of nitrogens with one attached hydrogen (secondary N) is 1. The third-order valence-electron chi connectivity index (χ3n) is 8.13. The zero-order valence-electron chi connectivity index (χ0n) is 18.3. The monoisotopic (exact) mass is 407 g/mol. The van der Waals surface area contributed by atoms with Gasteiger partial charge < -0.3 is 10.4 Å². The van der Waals surface area contributed by atoms with Crippen LogP contribution in [0.3, 0.4) is 0 Å². The lowest BCUT2D eigenvalue weighted by Gasteiger charge is -2.61. The van der Waals surface area contributed by atoms with Crippen LogP contribution in [0.2, 0.25) is 0 Å². The third-order valence-corrected chi connectivity index (χ3v) is 8.13. The fraction of sp³-hybridized carbons (Fsp3) is 0.600. The van der Waals surface area contributed by atoms with Crippen LogP contribution in [0.25, 0.3) is 0 Å². The van der Waals surface area contributed by atoms with E-state index in [1.54, 1.807) is 17.8 Å². The van der Waals surface area contributed by atoms with Crippen molar-refractivity contribution in [2.24, 2.45) is 24.3 Å². The second kappa shape index (κ2) is 6.68. The topological polar surface area (TPSA) is 67.2 Å². The van der Waals surface area contributed by atoms with E-state index in [1.807, 2.05) is 13.2 Å². The van der Waals surface area contributed by atoms with Crippen molar-refractivity contribution < 1.29 is 9.90 Å². The Hall–Kier alpha value is -2.14. The van der Waals surface area contributed by atoms with Crippen LogP contribution in [0.5, 0.6) is 0 Å². The molecule has 0 aliphatic heterocycles. The number of benzene rings is 1. The SMILES string of the molecule is Cc1ccc(C23CC4CC(CC(C(=O)NCC(C)(O)c5cnn(C)c5)(C4)C2)C3)cc1. The molecular weight excluding hydrogens is 374 g/mol. The van der Waals surface area contributed by atoms with Gasteiger partial charge in [-0.1, -0.05) is 29.8 Å². The van der Waals surface area contributed by atoms with Gasteiger partial charge in [-0.3, -0.25) is 9.48 Å². The summed E-state index contributed by atoms with van der Waals surface area (Å²) < 4.78 is 1.68. The Bertz CT molecular complexity index is 945. The first-order valence-electron chi connectivity index (χ1n) is 11.3. The molecule has 0 radical (unpaired) electrons. The van der Waals surface area contributed by atoms with E-state index >= 15 is 0 Å². The highest BCUT2D eigenvalue weighted by molar-refractivity contribution is 5.83. The molecule has 1 amide bonds. The van der Waals surface area contributed by atoms with Gasteiger partial charge in [-0.05, 0) is 75.2 Å². The lowest BCUT2D eigenvalue weighted by Crippen LogP contribution is -2.59. The number of aliphatic hydroxyl groups is 1. The van der Waals surface area contributed by atoms with Crippen LogP contribution in [0, 0.1) is 24.2 Å². The van der Waals surface area contributed by atoms with Crippen LogP contribution in [0.1, 0.15) is 62.1 Å². The molecule has 0 saturated heterocycles. The number of carbonyl (C=O) groups excluding carboxylic acids is 1. The minimum atomic E-state index is -1.12. The van der Waals surface area contributed by atoms with Crippen molar-refractivity contribution in [1.82, 2.24) is 15.1 Å². The molecule has 2 N–H and O–H groups in total. The van der Waals surface area contributed by atoms with Crippen LogP contribution in [-0.2, 0) is 22.9 Å². The van der Waals surface area contributed by atoms with E-state index in [2.05, 4.69) is 41.6 Å². The molecule has 1 aromatic heterocycles. The summed E-state index contributed by atoms with van der Waals surface area (Å²) in [5, 5.41) is 18.2. The predicted octanol–water partition coefficient (Wildman–Crippen LogP) is 3.59. The maximum atomic E-state index is 13.6. The van der Waals surface area contributed by atoms with Gasteiger partial charge in [-0.2, -0.15) is 5.10 Å². The van der Waals surface area contributed by atoms with E-state index < -0.39 is 5.60 Å². The first-order valence-corrected chi connectivity index (χ1v) is 11.3. The maximum absolute atomic E-state index is 13.6. The van der Waals surface area contributed by atoms with Crippen molar-refractivity contribution in [2.45, 2.75) is 63.4 Å². The molecule has 4 saturated carbocycles. The summed E-state index contributed by atoms with van der Waals surface area (Å²) in [7, 11) is 1.83. The number of carbonyl (C=O) groups is 1. The lowest BCUT2D eigenvalue weighted by molar-refractivity contribution is -0.150. The summed E-state index contributed by atoms with van der Waals surface area (Å²) in [5.74, 6) is 1.41. The maximum Gasteiger partial charge on any atom is 0.226 e. The van der Waals surface area contributed by atoms with Gasteiger partial charge in [0.25, 0.3) is 0 Å². The minimum absolute atomic E-state index is 0.136. The number of hydrogen-bond acceptors (Lipinski definition) is 3. The molecule has 6 rings (SSSR count). The van der Waals surface area contributed by atoms with Crippen molar-refractivity contribution in [3.63, 3.8) is 0 Å². The van der Waals surface area contributed by atoms with Gasteiger partial charge in [0.2, 0.25) is 5.91 Å². The van der Waals surface area contributed by atoms with E-state index in [0.29, 0.717) is 11.8 Å². The van der Waals surface area contributed by atoms with E-state index in [9.17, 15) is 9.90 Å². The highest BCUT2D eigenvalue weighted by Gasteiger charge is 2.60. The molecule has 3 atom stereocenters. The molecule has 3 unspecified atom stereocenters. The predicted molar refractivity (Wildman–Crippen MR) is 116 cm³/mol. The van der Waals surface area contributed by atoms with E-state index in [-0.39, 0.29) is 23.3 Å². The highest BCUT2D eigenvalue weighted by Crippen LogP contribution is 2.65. The van der Waals surface area contributed by atoms with Gasteiger partial charge in [0.1, 0.15) is 5.60 Å². The highest BCUT2D eigenvalue weighted by atomic mass is 16.3. The summed E-state index contributed by atoms with van der Waals surface area (Å²) in [6, 6.07) is 9.01. The number of hydrogen-bond donors (Lipinski definition) is 2. The number of rotatable bonds is 5. The minimum Gasteiger partial charge on any atom is -0.383 e. The Morgan fingerprint density at radius 2 is 1.90 bits per heavy atom. The average Bonchev–Trinajstić information content (AvgIpc) is 3.13. The van der Waals surface area contributed by atoms with Crippen molar-refractivity contribution in [2.75, 3.05) is 6.54 Å². The lowest BCUT2D eigenvalue weighted by atomic mass is 9.42. The molecule has 5 heteroatoms. The van der Waals surface area contributed by atoms with Gasteiger partial charge in [0.05, 0.1) is 18.2 Å². The quantitative estimate of drug-likeness (QED) is 0.796. The second-order valence-corrected chi connectivity index (χ2v) is 10.7. The van der Waals surface area contributed by atoms with Crippen molar-refractivity contribution in [3.8, 4) is 0 Å². The molecular formula is C25H33N3O2. The molecule has 4 aliphatic rings. The molecule has 4 bridgehead atoms. The standard InChI is InChI=1S/C25H33N3O2/c1-17-4-6-20(7-5-17)24-9-18-8-19(10-24)12-25(11-18,15-24)22(29)26-16-23(2,30)21-13-27-28(3)14-21/h4-7,13-14,18-19,30H,8-12,15-16H2,1-3H3,(H,26,29). The Morgan fingerprint density at radius 3 is 2.50 bits per heavy atom. The summed E-state index contributed by atoms with van der Waals surface area (Å²) in [5.41, 5.74) is 2.16. The molecule has 5 nitrogen and oxygen atoms in total. The molecule has 2 aromatic rings. The van der Waals surface area contributed by atoms with Crippen molar-refractivity contribution >= 4 is 5.91 Å². The molecule has 4 fully saturated rings. The Kier molecular flexibility index (Phi) is 4.41. The summed E-state index contributed by atoms with van der Waals surface area (Å²) in [4.78, 5) is 13.6. The molecule has 30 heavy (non-hydrogen) atoms. The van der Waals surface area contributed by atoms with Crippen LogP contribution in [0.15, 0.2) is 36.7 Å². The van der Waals surface area contributed by atoms with E-state index in [4.69, 9.17) is 0 Å². The number of nitrogens with zero attached hydrogens (tertiary/aromatic N) is 2. The normalized spacial score (nSPS) is 34.0. The summed E-state index contributed by atoms with van der Waals surface area (Å²) in [6.07, 6.45) is 10.1. The summed E-state index contributed by atoms with van der Waals surface area (Å²) >= 11 is 0. The second-order valence-electron chi connectivity index (χ2n) is 10.7. The first kappa shape index (κ1) is 19.8. The first-order chi connectivity index (χ1) is 14.2. The Labute approximate surface area is 178 Å². The third kappa shape index (κ3) is 3.18. The average molecular weight is 408 g/mol. The molecule has 160 valence electrons. The van der Waals surface area contributed by atoms with Crippen LogP contribution in [0.4, 0.5) is 0 Å². The van der Waals surface area contributed by atoms with Gasteiger partial charge in [-0.15, -0.1) is 0 Å². The Morgan fingerprint density at radius 1 is 1.23 bits per heavy atom.